The molecule has 0 heterocycles. The number of hydrogen-bond acceptors (Lipinski definition) is 2. The molecule has 0 saturated heterocycles. The lowest BCUT2D eigenvalue weighted by Crippen LogP contribution is -2.50. The predicted molar refractivity (Wildman–Crippen MR) is 69.3 cm³/mol. The molecule has 0 aliphatic heterocycles. The number of carbonyl (C=O) groups is 2. The fourth-order valence-electron chi connectivity index (χ4n) is 2.34. The van der Waals surface area contributed by atoms with Crippen LogP contribution in [0.4, 0.5) is 4.79 Å². The molecule has 3 unspecified atom stereocenters. The number of urea groups is 1. The molecule has 1 rings (SSSR count). The van der Waals surface area contributed by atoms with Crippen molar-refractivity contribution in [3.63, 3.8) is 0 Å². The van der Waals surface area contributed by atoms with Crippen LogP contribution in [-0.4, -0.2) is 29.2 Å². The van der Waals surface area contributed by atoms with Gasteiger partial charge in [-0.05, 0) is 32.1 Å². The van der Waals surface area contributed by atoms with E-state index in [-0.39, 0.29) is 23.5 Å². The molecule has 3 N–H and O–H groups in total. The van der Waals surface area contributed by atoms with Gasteiger partial charge in [-0.2, -0.15) is 0 Å². The smallest absolute Gasteiger partial charge is 0.315 e. The topological polar surface area (TPSA) is 78.4 Å². The van der Waals surface area contributed by atoms with E-state index in [1.54, 1.807) is 13.8 Å². The summed E-state index contributed by atoms with van der Waals surface area (Å²) in [5, 5.41) is 14.5. The molecule has 1 aliphatic rings. The molecule has 0 aromatic rings. The van der Waals surface area contributed by atoms with Crippen molar-refractivity contribution in [3.05, 3.63) is 0 Å². The van der Waals surface area contributed by atoms with E-state index in [4.69, 9.17) is 5.11 Å². The van der Waals surface area contributed by atoms with Crippen molar-refractivity contribution in [3.8, 4) is 0 Å². The lowest BCUT2D eigenvalue weighted by molar-refractivity contribution is -0.141. The molecule has 0 aromatic carbocycles. The first-order valence-corrected chi connectivity index (χ1v) is 6.54. The average Bonchev–Trinajstić information content (AvgIpc) is 2.56. The Kier molecular flexibility index (Phi) is 4.59. The van der Waals surface area contributed by atoms with Gasteiger partial charge in [0.05, 0.1) is 5.92 Å². The molecule has 3 atom stereocenters. The molecule has 0 radical (unpaired) electrons. The van der Waals surface area contributed by atoms with Crippen LogP contribution in [0.5, 0.6) is 0 Å². The maximum Gasteiger partial charge on any atom is 0.315 e. The highest BCUT2D eigenvalue weighted by Crippen LogP contribution is 2.37. The van der Waals surface area contributed by atoms with Crippen molar-refractivity contribution in [2.24, 2.45) is 11.3 Å². The number of amides is 2. The number of carbonyl (C=O) groups excluding carboxylic acids is 1. The monoisotopic (exact) mass is 256 g/mol. The SMILES string of the molecule is CC(NC(=O)NC1CCCC1(C)C)C(C)C(=O)O. The Hall–Kier alpha value is -1.26. The van der Waals surface area contributed by atoms with Gasteiger partial charge in [-0.15, -0.1) is 0 Å². The fraction of sp³-hybridized carbons (Fsp3) is 0.846. The first-order valence-electron chi connectivity index (χ1n) is 6.54. The molecular formula is C13H24N2O3. The predicted octanol–water partition coefficient (Wildman–Crippen LogP) is 1.97. The summed E-state index contributed by atoms with van der Waals surface area (Å²) in [7, 11) is 0. The third-order valence-corrected chi connectivity index (χ3v) is 4.06. The second kappa shape index (κ2) is 5.59. The number of carboxylic acids is 1. The largest absolute Gasteiger partial charge is 0.481 e. The van der Waals surface area contributed by atoms with Crippen molar-refractivity contribution in [1.82, 2.24) is 10.6 Å². The summed E-state index contributed by atoms with van der Waals surface area (Å²) in [4.78, 5) is 22.6. The highest BCUT2D eigenvalue weighted by Gasteiger charge is 2.35. The molecule has 5 nitrogen and oxygen atoms in total. The molecule has 0 aromatic heterocycles. The van der Waals surface area contributed by atoms with E-state index in [0.29, 0.717) is 0 Å². The molecule has 18 heavy (non-hydrogen) atoms. The highest BCUT2D eigenvalue weighted by molar-refractivity contribution is 5.76. The van der Waals surface area contributed by atoms with Crippen LogP contribution in [0.15, 0.2) is 0 Å². The Balaban J connectivity index is 2.45. The molecule has 104 valence electrons. The Morgan fingerprint density at radius 2 is 1.94 bits per heavy atom. The van der Waals surface area contributed by atoms with Crippen LogP contribution in [-0.2, 0) is 4.79 Å². The zero-order valence-corrected chi connectivity index (χ0v) is 11.6. The quantitative estimate of drug-likeness (QED) is 0.719. The number of carboxylic acid groups (broad SMARTS) is 1. The summed E-state index contributed by atoms with van der Waals surface area (Å²) < 4.78 is 0. The molecule has 1 saturated carbocycles. The van der Waals surface area contributed by atoms with Crippen molar-refractivity contribution >= 4 is 12.0 Å². The van der Waals surface area contributed by atoms with Crippen LogP contribution in [0.2, 0.25) is 0 Å². The Labute approximate surface area is 108 Å². The minimum absolute atomic E-state index is 0.124. The molecule has 0 bridgehead atoms. The lowest BCUT2D eigenvalue weighted by Gasteiger charge is -2.29. The summed E-state index contributed by atoms with van der Waals surface area (Å²) in [5.41, 5.74) is 0.124. The minimum Gasteiger partial charge on any atom is -0.481 e. The highest BCUT2D eigenvalue weighted by atomic mass is 16.4. The summed E-state index contributed by atoms with van der Waals surface area (Å²) in [6, 6.07) is -0.479. The van der Waals surface area contributed by atoms with Crippen LogP contribution in [0.25, 0.3) is 0 Å². The summed E-state index contributed by atoms with van der Waals surface area (Å²) in [6.07, 6.45) is 3.22. The average molecular weight is 256 g/mol. The van der Waals surface area contributed by atoms with Crippen LogP contribution in [0.3, 0.4) is 0 Å². The van der Waals surface area contributed by atoms with E-state index in [9.17, 15) is 9.59 Å². The molecule has 2 amide bonds. The van der Waals surface area contributed by atoms with E-state index < -0.39 is 11.9 Å². The van der Waals surface area contributed by atoms with Crippen molar-refractivity contribution in [1.29, 1.82) is 0 Å². The zero-order chi connectivity index (χ0) is 13.9. The molecule has 5 heteroatoms. The summed E-state index contributed by atoms with van der Waals surface area (Å²) in [5.74, 6) is -1.49. The number of nitrogens with one attached hydrogen (secondary N) is 2. The number of hydrogen-bond donors (Lipinski definition) is 3. The van der Waals surface area contributed by atoms with Gasteiger partial charge in [0.25, 0.3) is 0 Å². The maximum absolute atomic E-state index is 11.8. The summed E-state index contributed by atoms with van der Waals surface area (Å²) >= 11 is 0. The first-order chi connectivity index (χ1) is 8.24. The fourth-order valence-corrected chi connectivity index (χ4v) is 2.34. The molecule has 0 spiro atoms. The Bertz CT molecular complexity index is 328. The van der Waals surface area contributed by atoms with Crippen LogP contribution >= 0.6 is 0 Å². The van der Waals surface area contributed by atoms with Gasteiger partial charge in [0.15, 0.2) is 0 Å². The molecule has 1 aliphatic carbocycles. The Morgan fingerprint density at radius 1 is 1.33 bits per heavy atom. The van der Waals surface area contributed by atoms with E-state index in [2.05, 4.69) is 24.5 Å². The molecule has 1 fully saturated rings. The standard InChI is InChI=1S/C13H24N2O3/c1-8(11(16)17)9(2)14-12(18)15-10-6-5-7-13(10,3)4/h8-10H,5-7H2,1-4H3,(H,16,17)(H2,14,15,18). The van der Waals surface area contributed by atoms with Gasteiger partial charge < -0.3 is 15.7 Å². The third-order valence-electron chi connectivity index (χ3n) is 4.06. The van der Waals surface area contributed by atoms with Gasteiger partial charge >= 0.3 is 12.0 Å². The normalized spacial score (nSPS) is 25.2. The van der Waals surface area contributed by atoms with Crippen LogP contribution in [0, 0.1) is 11.3 Å². The van der Waals surface area contributed by atoms with Crippen LogP contribution < -0.4 is 10.6 Å². The van der Waals surface area contributed by atoms with Crippen molar-refractivity contribution in [2.75, 3.05) is 0 Å². The Morgan fingerprint density at radius 3 is 2.39 bits per heavy atom. The zero-order valence-electron chi connectivity index (χ0n) is 11.6. The van der Waals surface area contributed by atoms with E-state index >= 15 is 0 Å². The first kappa shape index (κ1) is 14.8. The van der Waals surface area contributed by atoms with Gasteiger partial charge in [0.1, 0.15) is 0 Å². The minimum atomic E-state index is -0.899. The second-order valence-corrected chi connectivity index (χ2v) is 5.97. The van der Waals surface area contributed by atoms with E-state index in [1.165, 1.54) is 0 Å². The summed E-state index contributed by atoms with van der Waals surface area (Å²) in [6.45, 7) is 7.59. The van der Waals surface area contributed by atoms with E-state index in [1.807, 2.05) is 0 Å². The van der Waals surface area contributed by atoms with Crippen molar-refractivity contribution < 1.29 is 14.7 Å². The van der Waals surface area contributed by atoms with Gasteiger partial charge in [0.2, 0.25) is 0 Å². The van der Waals surface area contributed by atoms with Gasteiger partial charge in [0, 0.05) is 12.1 Å². The van der Waals surface area contributed by atoms with Gasteiger partial charge in [-0.3, -0.25) is 4.79 Å². The lowest BCUT2D eigenvalue weighted by atomic mass is 9.87. The van der Waals surface area contributed by atoms with Crippen molar-refractivity contribution in [2.45, 2.75) is 59.0 Å². The second-order valence-electron chi connectivity index (χ2n) is 5.97. The third kappa shape index (κ3) is 3.62. The van der Waals surface area contributed by atoms with E-state index in [0.717, 1.165) is 19.3 Å². The van der Waals surface area contributed by atoms with Gasteiger partial charge in [-0.25, -0.2) is 4.79 Å². The molecular weight excluding hydrogens is 232 g/mol. The number of aliphatic carboxylic acids is 1. The van der Waals surface area contributed by atoms with Crippen LogP contribution in [0.1, 0.15) is 47.0 Å². The number of rotatable bonds is 4. The maximum atomic E-state index is 11.8. The van der Waals surface area contributed by atoms with Gasteiger partial charge in [-0.1, -0.05) is 20.3 Å².